The van der Waals surface area contributed by atoms with E-state index in [0.717, 1.165) is 17.4 Å². The Morgan fingerprint density at radius 2 is 1.66 bits per heavy atom. The van der Waals surface area contributed by atoms with E-state index >= 15 is 0 Å². The summed E-state index contributed by atoms with van der Waals surface area (Å²) in [6.45, 7) is -0.289. The van der Waals surface area contributed by atoms with Crippen LogP contribution in [0.15, 0.2) is 60.7 Å². The second-order valence-corrected chi connectivity index (χ2v) is 8.44. The van der Waals surface area contributed by atoms with Crippen LogP contribution in [0, 0.1) is 0 Å². The number of nitrogens with one attached hydrogen (secondary N) is 1. The molecule has 1 aliphatic rings. The summed E-state index contributed by atoms with van der Waals surface area (Å²) in [5.74, 6) is 0. The summed E-state index contributed by atoms with van der Waals surface area (Å²) in [6, 6.07) is 18.5. The molecule has 1 saturated heterocycles. The summed E-state index contributed by atoms with van der Waals surface area (Å²) in [5, 5.41) is 2.65. The van der Waals surface area contributed by atoms with E-state index in [9.17, 15) is 13.2 Å². The third kappa shape index (κ3) is 6.53. The van der Waals surface area contributed by atoms with Crippen LogP contribution in [-0.2, 0) is 35.1 Å². The van der Waals surface area contributed by atoms with Gasteiger partial charge in [-0.25, -0.2) is 4.79 Å². The van der Waals surface area contributed by atoms with Crippen LogP contribution >= 0.6 is 0 Å². The maximum atomic E-state index is 12.3. The van der Waals surface area contributed by atoms with Gasteiger partial charge in [0.05, 0.1) is 26.1 Å². The normalized spacial score (nSPS) is 22.0. The van der Waals surface area contributed by atoms with Crippen LogP contribution in [-0.4, -0.2) is 46.1 Å². The van der Waals surface area contributed by atoms with E-state index in [-0.39, 0.29) is 26.4 Å². The van der Waals surface area contributed by atoms with E-state index < -0.39 is 28.0 Å². The van der Waals surface area contributed by atoms with E-state index in [4.69, 9.17) is 18.4 Å². The zero-order chi connectivity index (χ0) is 20.7. The molecule has 156 valence electrons. The number of rotatable bonds is 7. The molecule has 0 aromatic heterocycles. The molecule has 3 rings (SSSR count). The maximum absolute atomic E-state index is 12.3. The minimum absolute atomic E-state index is 0.0114. The van der Waals surface area contributed by atoms with Crippen LogP contribution in [0.25, 0.3) is 0 Å². The minimum Gasteiger partial charge on any atom is -0.445 e. The molecule has 9 heteroatoms. The molecule has 29 heavy (non-hydrogen) atoms. The Balaban J connectivity index is 1.63. The molecule has 1 heterocycles. The molecule has 1 amide bonds. The number of ether oxygens (including phenoxy) is 3. The first-order valence-corrected chi connectivity index (χ1v) is 10.8. The van der Waals surface area contributed by atoms with Gasteiger partial charge in [0.15, 0.2) is 6.29 Å². The van der Waals surface area contributed by atoms with Crippen LogP contribution in [0.5, 0.6) is 0 Å². The molecule has 1 fully saturated rings. The average Bonchev–Trinajstić information content (AvgIpc) is 2.72. The van der Waals surface area contributed by atoms with Gasteiger partial charge in [-0.3, -0.25) is 4.18 Å². The Bertz CT molecular complexity index is 895. The third-order valence-electron chi connectivity index (χ3n) is 4.22. The zero-order valence-corrected chi connectivity index (χ0v) is 16.8. The zero-order valence-electron chi connectivity index (χ0n) is 15.9. The number of carbonyl (C=O) groups excluding carboxylic acids is 1. The first-order chi connectivity index (χ1) is 13.9. The van der Waals surface area contributed by atoms with Crippen molar-refractivity contribution in [2.45, 2.75) is 18.4 Å². The second-order valence-electron chi connectivity index (χ2n) is 6.80. The fraction of sp³-hybridized carbons (Fsp3) is 0.350. The lowest BCUT2D eigenvalue weighted by Gasteiger charge is -2.39. The van der Waals surface area contributed by atoms with Crippen molar-refractivity contribution in [3.63, 3.8) is 0 Å². The summed E-state index contributed by atoms with van der Waals surface area (Å²) < 4.78 is 44.5. The van der Waals surface area contributed by atoms with Crippen molar-refractivity contribution in [1.82, 2.24) is 5.32 Å². The standard InChI is InChI=1S/C20H23NO7S/c1-29(23,24)28-15-20(21-19(22)25-12-16-8-4-2-5-9-16)13-26-18(27-14-20)17-10-6-3-7-11-17/h2-11,18H,12-15H2,1H3,(H,21,22). The van der Waals surface area contributed by atoms with Gasteiger partial charge in [0, 0.05) is 5.56 Å². The quantitative estimate of drug-likeness (QED) is 0.685. The van der Waals surface area contributed by atoms with Crippen LogP contribution < -0.4 is 5.32 Å². The smallest absolute Gasteiger partial charge is 0.408 e. The largest absolute Gasteiger partial charge is 0.445 e. The molecule has 0 atom stereocenters. The molecule has 8 nitrogen and oxygen atoms in total. The molecule has 1 N–H and O–H groups in total. The Hall–Kier alpha value is -2.46. The van der Waals surface area contributed by atoms with Crippen molar-refractivity contribution in [3.05, 3.63) is 71.8 Å². The highest BCUT2D eigenvalue weighted by molar-refractivity contribution is 7.85. The number of carbonyl (C=O) groups is 1. The van der Waals surface area contributed by atoms with Crippen molar-refractivity contribution >= 4 is 16.2 Å². The molecule has 0 spiro atoms. The molecule has 2 aromatic rings. The summed E-state index contributed by atoms with van der Waals surface area (Å²) in [6.07, 6.45) is -0.410. The summed E-state index contributed by atoms with van der Waals surface area (Å²) in [7, 11) is -3.72. The third-order valence-corrected chi connectivity index (χ3v) is 4.77. The van der Waals surface area contributed by atoms with E-state index in [2.05, 4.69) is 5.32 Å². The van der Waals surface area contributed by atoms with Gasteiger partial charge in [-0.1, -0.05) is 60.7 Å². The maximum Gasteiger partial charge on any atom is 0.408 e. The molecule has 2 aromatic carbocycles. The lowest BCUT2D eigenvalue weighted by atomic mass is 10.0. The molecular formula is C20H23NO7S. The van der Waals surface area contributed by atoms with Crippen molar-refractivity contribution in [1.29, 1.82) is 0 Å². The van der Waals surface area contributed by atoms with E-state index in [1.165, 1.54) is 0 Å². The minimum atomic E-state index is -3.72. The number of amides is 1. The summed E-state index contributed by atoms with van der Waals surface area (Å²) in [5.41, 5.74) is 0.434. The van der Waals surface area contributed by atoms with Gasteiger partial charge in [-0.2, -0.15) is 8.42 Å². The van der Waals surface area contributed by atoms with Crippen molar-refractivity contribution < 1.29 is 31.6 Å². The average molecular weight is 421 g/mol. The first kappa shape index (κ1) is 21.3. The molecule has 0 bridgehead atoms. The predicted octanol–water partition coefficient (Wildman–Crippen LogP) is 2.37. The van der Waals surface area contributed by atoms with Gasteiger partial charge < -0.3 is 19.5 Å². The SMILES string of the molecule is CS(=O)(=O)OCC1(NC(=O)OCc2ccccc2)COC(c2ccccc2)OC1. The van der Waals surface area contributed by atoms with Gasteiger partial charge in [0.2, 0.25) is 0 Å². The predicted molar refractivity (Wildman–Crippen MR) is 104 cm³/mol. The Morgan fingerprint density at radius 1 is 1.07 bits per heavy atom. The monoisotopic (exact) mass is 421 g/mol. The lowest BCUT2D eigenvalue weighted by molar-refractivity contribution is -0.220. The van der Waals surface area contributed by atoms with Gasteiger partial charge in [-0.05, 0) is 5.56 Å². The second kappa shape index (κ2) is 9.36. The Morgan fingerprint density at radius 3 is 2.24 bits per heavy atom. The van der Waals surface area contributed by atoms with E-state index in [0.29, 0.717) is 0 Å². The van der Waals surface area contributed by atoms with Crippen LogP contribution in [0.4, 0.5) is 4.79 Å². The number of benzene rings is 2. The Labute approximate surface area is 169 Å². The number of hydrogen-bond donors (Lipinski definition) is 1. The molecular weight excluding hydrogens is 398 g/mol. The number of hydrogen-bond acceptors (Lipinski definition) is 7. The molecule has 0 aliphatic carbocycles. The summed E-state index contributed by atoms with van der Waals surface area (Å²) in [4.78, 5) is 12.3. The highest BCUT2D eigenvalue weighted by Crippen LogP contribution is 2.27. The van der Waals surface area contributed by atoms with Crippen LogP contribution in [0.1, 0.15) is 17.4 Å². The van der Waals surface area contributed by atoms with Gasteiger partial charge in [0.25, 0.3) is 10.1 Å². The van der Waals surface area contributed by atoms with E-state index in [1.54, 1.807) is 0 Å². The summed E-state index contributed by atoms with van der Waals surface area (Å²) >= 11 is 0. The van der Waals surface area contributed by atoms with Crippen LogP contribution in [0.2, 0.25) is 0 Å². The Kier molecular flexibility index (Phi) is 6.86. The highest BCUT2D eigenvalue weighted by atomic mass is 32.2. The van der Waals surface area contributed by atoms with Crippen molar-refractivity contribution in [2.24, 2.45) is 0 Å². The van der Waals surface area contributed by atoms with Crippen molar-refractivity contribution in [3.8, 4) is 0 Å². The molecule has 0 radical (unpaired) electrons. The van der Waals surface area contributed by atoms with E-state index in [1.807, 2.05) is 60.7 Å². The highest BCUT2D eigenvalue weighted by Gasteiger charge is 2.40. The molecule has 0 unspecified atom stereocenters. The fourth-order valence-corrected chi connectivity index (χ4v) is 3.19. The topological polar surface area (TPSA) is 100 Å². The number of alkyl carbamates (subject to hydrolysis) is 1. The van der Waals surface area contributed by atoms with Crippen molar-refractivity contribution in [2.75, 3.05) is 26.1 Å². The first-order valence-electron chi connectivity index (χ1n) is 8.97. The van der Waals surface area contributed by atoms with Gasteiger partial charge >= 0.3 is 6.09 Å². The molecule has 0 saturated carbocycles. The van der Waals surface area contributed by atoms with Gasteiger partial charge in [-0.15, -0.1) is 0 Å². The lowest BCUT2D eigenvalue weighted by Crippen LogP contribution is -2.61. The molecule has 1 aliphatic heterocycles. The van der Waals surface area contributed by atoms with Gasteiger partial charge in [0.1, 0.15) is 12.1 Å². The van der Waals surface area contributed by atoms with Crippen LogP contribution in [0.3, 0.4) is 0 Å². The fourth-order valence-electron chi connectivity index (χ4n) is 2.75.